The quantitative estimate of drug-likeness (QED) is 0.371. The molecule has 0 spiro atoms. The number of benzene rings is 3. The molecule has 0 aliphatic carbocycles. The third-order valence-electron chi connectivity index (χ3n) is 5.14. The lowest BCUT2D eigenvalue weighted by Crippen LogP contribution is -2.28. The van der Waals surface area contributed by atoms with Gasteiger partial charge in [0.05, 0.1) is 12.5 Å². The Bertz CT molecular complexity index is 921. The molecule has 0 aliphatic heterocycles. The number of esters is 1. The first-order chi connectivity index (χ1) is 13.4. The summed E-state index contributed by atoms with van der Waals surface area (Å²) < 4.78 is 10.7. The van der Waals surface area contributed by atoms with Crippen LogP contribution in [-0.2, 0) is 4.79 Å². The van der Waals surface area contributed by atoms with Crippen molar-refractivity contribution in [3.05, 3.63) is 72.8 Å². The molecule has 28 heavy (non-hydrogen) atoms. The van der Waals surface area contributed by atoms with Gasteiger partial charge < -0.3 is 9.47 Å². The molecule has 0 unspecified atom stereocenters. The number of rotatable bonds is 6. The first kappa shape index (κ1) is 19.7. The first-order valence-electron chi connectivity index (χ1n) is 9.50. The zero-order valence-electron chi connectivity index (χ0n) is 16.9. The predicted molar refractivity (Wildman–Crippen MR) is 114 cm³/mol. The van der Waals surface area contributed by atoms with Crippen LogP contribution in [-0.4, -0.2) is 13.1 Å². The lowest BCUT2D eigenvalue weighted by atomic mass is 9.91. The van der Waals surface area contributed by atoms with E-state index in [1.54, 1.807) is 7.11 Å². The van der Waals surface area contributed by atoms with E-state index in [4.69, 9.17) is 9.47 Å². The first-order valence-corrected chi connectivity index (χ1v) is 9.50. The van der Waals surface area contributed by atoms with Crippen LogP contribution in [0.15, 0.2) is 72.8 Å². The van der Waals surface area contributed by atoms with Crippen LogP contribution in [0.2, 0.25) is 0 Å². The molecule has 3 rings (SSSR count). The topological polar surface area (TPSA) is 35.5 Å². The van der Waals surface area contributed by atoms with Crippen LogP contribution in [0.1, 0.15) is 27.2 Å². The Hall–Kier alpha value is -3.07. The van der Waals surface area contributed by atoms with Crippen LogP contribution >= 0.6 is 0 Å². The van der Waals surface area contributed by atoms with Gasteiger partial charge in [0.25, 0.3) is 0 Å². The third kappa shape index (κ3) is 4.42. The summed E-state index contributed by atoms with van der Waals surface area (Å²) in [5, 5.41) is 0. The van der Waals surface area contributed by atoms with Crippen molar-refractivity contribution in [3.63, 3.8) is 0 Å². The van der Waals surface area contributed by atoms with E-state index in [-0.39, 0.29) is 5.97 Å². The highest BCUT2D eigenvalue weighted by Crippen LogP contribution is 2.28. The SMILES string of the molecule is CCC(C)(C)C(=O)Oc1ccc(-c2ccc(-c3ccc(OC)cc3)cc2)cc1. The van der Waals surface area contributed by atoms with Gasteiger partial charge in [-0.05, 0) is 66.8 Å². The maximum atomic E-state index is 12.2. The molecule has 0 aromatic heterocycles. The number of carbonyl (C=O) groups is 1. The van der Waals surface area contributed by atoms with E-state index in [0.717, 1.165) is 34.4 Å². The minimum absolute atomic E-state index is 0.202. The van der Waals surface area contributed by atoms with E-state index in [2.05, 4.69) is 36.4 Å². The van der Waals surface area contributed by atoms with Gasteiger partial charge in [-0.2, -0.15) is 0 Å². The Kier molecular flexibility index (Phi) is 5.84. The normalized spacial score (nSPS) is 11.1. The molecule has 144 valence electrons. The van der Waals surface area contributed by atoms with Crippen LogP contribution in [0.5, 0.6) is 11.5 Å². The van der Waals surface area contributed by atoms with Crippen LogP contribution in [0.3, 0.4) is 0 Å². The maximum Gasteiger partial charge on any atom is 0.316 e. The third-order valence-corrected chi connectivity index (χ3v) is 5.14. The molecule has 0 bridgehead atoms. The Morgan fingerprint density at radius 2 is 1.07 bits per heavy atom. The second-order valence-corrected chi connectivity index (χ2v) is 7.46. The van der Waals surface area contributed by atoms with Crippen molar-refractivity contribution >= 4 is 5.97 Å². The summed E-state index contributed by atoms with van der Waals surface area (Å²) in [6.45, 7) is 5.78. The van der Waals surface area contributed by atoms with Crippen molar-refractivity contribution in [1.29, 1.82) is 0 Å². The fourth-order valence-electron chi connectivity index (χ4n) is 2.74. The van der Waals surface area contributed by atoms with Gasteiger partial charge in [0.2, 0.25) is 0 Å². The number of hydrogen-bond acceptors (Lipinski definition) is 3. The van der Waals surface area contributed by atoms with Crippen molar-refractivity contribution < 1.29 is 14.3 Å². The van der Waals surface area contributed by atoms with E-state index in [9.17, 15) is 4.79 Å². The summed E-state index contributed by atoms with van der Waals surface area (Å²) in [5.74, 6) is 1.22. The number of ether oxygens (including phenoxy) is 2. The van der Waals surface area contributed by atoms with Crippen LogP contribution in [0.4, 0.5) is 0 Å². The van der Waals surface area contributed by atoms with Gasteiger partial charge in [-0.1, -0.05) is 55.5 Å². The van der Waals surface area contributed by atoms with Gasteiger partial charge in [0.15, 0.2) is 0 Å². The Balaban J connectivity index is 1.72. The molecule has 0 fully saturated rings. The van der Waals surface area contributed by atoms with Crippen molar-refractivity contribution in [2.45, 2.75) is 27.2 Å². The highest BCUT2D eigenvalue weighted by Gasteiger charge is 2.27. The molecule has 0 saturated carbocycles. The standard InChI is InChI=1S/C25H26O3/c1-5-25(2,3)24(26)28-23-16-12-21(13-17-23)19-8-6-18(7-9-19)20-10-14-22(27-4)15-11-20/h6-17H,5H2,1-4H3. The van der Waals surface area contributed by atoms with E-state index < -0.39 is 5.41 Å². The van der Waals surface area contributed by atoms with Gasteiger partial charge in [0.1, 0.15) is 11.5 Å². The molecule has 3 nitrogen and oxygen atoms in total. The summed E-state index contributed by atoms with van der Waals surface area (Å²) in [5.41, 5.74) is 4.02. The molecule has 0 saturated heterocycles. The predicted octanol–water partition coefficient (Wildman–Crippen LogP) is 6.37. The molecule has 0 N–H and O–H groups in total. The van der Waals surface area contributed by atoms with Gasteiger partial charge in [-0.3, -0.25) is 4.79 Å². The molecule has 3 aromatic carbocycles. The van der Waals surface area contributed by atoms with Gasteiger partial charge in [0, 0.05) is 0 Å². The Morgan fingerprint density at radius 1 is 0.714 bits per heavy atom. The van der Waals surface area contributed by atoms with Crippen molar-refractivity contribution in [2.24, 2.45) is 5.41 Å². The molecule has 3 heteroatoms. The van der Waals surface area contributed by atoms with Crippen LogP contribution in [0, 0.1) is 5.41 Å². The van der Waals surface area contributed by atoms with E-state index >= 15 is 0 Å². The average molecular weight is 374 g/mol. The Morgan fingerprint density at radius 3 is 1.43 bits per heavy atom. The number of hydrogen-bond donors (Lipinski definition) is 0. The molecular formula is C25H26O3. The van der Waals surface area contributed by atoms with E-state index in [0.29, 0.717) is 5.75 Å². The number of methoxy groups -OCH3 is 1. The molecule has 3 aromatic rings. The van der Waals surface area contributed by atoms with E-state index in [1.807, 2.05) is 57.2 Å². The van der Waals surface area contributed by atoms with Crippen LogP contribution < -0.4 is 9.47 Å². The van der Waals surface area contributed by atoms with E-state index in [1.165, 1.54) is 0 Å². The lowest BCUT2D eigenvalue weighted by molar-refractivity contribution is -0.144. The van der Waals surface area contributed by atoms with Gasteiger partial charge >= 0.3 is 5.97 Å². The summed E-state index contributed by atoms with van der Waals surface area (Å²) in [4.78, 5) is 12.2. The largest absolute Gasteiger partial charge is 0.497 e. The van der Waals surface area contributed by atoms with Crippen molar-refractivity contribution in [1.82, 2.24) is 0 Å². The summed E-state index contributed by atoms with van der Waals surface area (Å²) >= 11 is 0. The van der Waals surface area contributed by atoms with Gasteiger partial charge in [-0.15, -0.1) is 0 Å². The molecular weight excluding hydrogens is 348 g/mol. The van der Waals surface area contributed by atoms with Gasteiger partial charge in [-0.25, -0.2) is 0 Å². The molecule has 0 radical (unpaired) electrons. The zero-order valence-corrected chi connectivity index (χ0v) is 16.9. The summed E-state index contributed by atoms with van der Waals surface area (Å²) in [6, 6.07) is 24.1. The Labute approximate surface area is 166 Å². The second kappa shape index (κ2) is 8.30. The minimum atomic E-state index is -0.476. The lowest BCUT2D eigenvalue weighted by Gasteiger charge is -2.20. The minimum Gasteiger partial charge on any atom is -0.497 e. The highest BCUT2D eigenvalue weighted by molar-refractivity contribution is 5.78. The molecule has 0 amide bonds. The fourth-order valence-corrected chi connectivity index (χ4v) is 2.74. The number of carbonyl (C=O) groups excluding carboxylic acids is 1. The molecule has 0 atom stereocenters. The highest BCUT2D eigenvalue weighted by atomic mass is 16.5. The van der Waals surface area contributed by atoms with Crippen LogP contribution in [0.25, 0.3) is 22.3 Å². The van der Waals surface area contributed by atoms with Crippen molar-refractivity contribution in [3.8, 4) is 33.8 Å². The molecule has 0 aliphatic rings. The summed E-state index contributed by atoms with van der Waals surface area (Å²) in [6.07, 6.45) is 0.741. The summed E-state index contributed by atoms with van der Waals surface area (Å²) in [7, 11) is 1.67. The maximum absolute atomic E-state index is 12.2. The smallest absolute Gasteiger partial charge is 0.316 e. The fraction of sp³-hybridized carbons (Fsp3) is 0.240. The monoisotopic (exact) mass is 374 g/mol. The average Bonchev–Trinajstić information content (AvgIpc) is 2.74. The zero-order chi connectivity index (χ0) is 20.1. The van der Waals surface area contributed by atoms with Crippen molar-refractivity contribution in [2.75, 3.05) is 7.11 Å². The second-order valence-electron chi connectivity index (χ2n) is 7.46. The molecule has 0 heterocycles.